The summed E-state index contributed by atoms with van der Waals surface area (Å²) in [5, 5.41) is 6.69. The molecule has 0 unspecified atom stereocenters. The molecule has 0 atom stereocenters. The van der Waals surface area contributed by atoms with Crippen LogP contribution in [0.4, 0.5) is 17.2 Å². The summed E-state index contributed by atoms with van der Waals surface area (Å²) in [6, 6.07) is 8.52. The van der Waals surface area contributed by atoms with Gasteiger partial charge in [-0.3, -0.25) is 19.4 Å². The number of likely N-dealkylation sites (tertiary alicyclic amines) is 1. The zero-order valence-corrected chi connectivity index (χ0v) is 19.9. The molecule has 7 nitrogen and oxygen atoms in total. The standard InChI is InChI=1S/C25H32ClN5O2/c1-2-27-12-4-3-6-18-10-14-30(15-11-18)17-23(32)31-22-9-8-19(26)16-20(22)25(33)29-21-7-5-13-28-24(21)31/h5,7-9,13,16,18,27H,2-4,6,10-12,14-15,17H2,1H3,(H,29,33). The Balaban J connectivity index is 1.43. The van der Waals surface area contributed by atoms with Crippen molar-refractivity contribution < 1.29 is 9.59 Å². The number of aromatic nitrogens is 1. The zero-order valence-electron chi connectivity index (χ0n) is 19.1. The maximum atomic E-state index is 13.6. The molecule has 2 aliphatic rings. The topological polar surface area (TPSA) is 77.6 Å². The van der Waals surface area contributed by atoms with E-state index in [9.17, 15) is 9.59 Å². The Morgan fingerprint density at radius 3 is 2.85 bits per heavy atom. The Morgan fingerprint density at radius 2 is 2.06 bits per heavy atom. The van der Waals surface area contributed by atoms with Gasteiger partial charge in [-0.1, -0.05) is 31.4 Å². The van der Waals surface area contributed by atoms with Crippen molar-refractivity contribution in [2.75, 3.05) is 42.9 Å². The second-order valence-electron chi connectivity index (χ2n) is 8.79. The number of anilines is 3. The van der Waals surface area contributed by atoms with Crippen molar-refractivity contribution in [3.8, 4) is 0 Å². The number of fused-ring (bicyclic) bond motifs is 2. The number of hydrogen-bond acceptors (Lipinski definition) is 5. The van der Waals surface area contributed by atoms with Gasteiger partial charge in [0.1, 0.15) is 0 Å². The van der Waals surface area contributed by atoms with Crippen LogP contribution in [0, 0.1) is 5.92 Å². The molecule has 1 saturated heterocycles. The molecule has 2 amide bonds. The molecule has 0 aliphatic carbocycles. The van der Waals surface area contributed by atoms with Crippen molar-refractivity contribution in [2.24, 2.45) is 5.92 Å². The summed E-state index contributed by atoms with van der Waals surface area (Å²) in [5.74, 6) is 0.779. The van der Waals surface area contributed by atoms with E-state index in [-0.39, 0.29) is 11.8 Å². The molecule has 0 saturated carbocycles. The van der Waals surface area contributed by atoms with Crippen molar-refractivity contribution >= 4 is 40.6 Å². The average Bonchev–Trinajstić information content (AvgIpc) is 2.93. The second-order valence-corrected chi connectivity index (χ2v) is 9.22. The largest absolute Gasteiger partial charge is 0.319 e. The molecule has 4 rings (SSSR count). The molecular formula is C25H32ClN5O2. The van der Waals surface area contributed by atoms with Crippen molar-refractivity contribution in [3.05, 3.63) is 47.1 Å². The monoisotopic (exact) mass is 469 g/mol. The number of nitrogens with one attached hydrogen (secondary N) is 2. The van der Waals surface area contributed by atoms with E-state index in [4.69, 9.17) is 11.6 Å². The molecule has 1 aromatic carbocycles. The van der Waals surface area contributed by atoms with Crippen LogP contribution in [0.3, 0.4) is 0 Å². The average molecular weight is 470 g/mol. The van der Waals surface area contributed by atoms with E-state index >= 15 is 0 Å². The molecule has 2 N–H and O–H groups in total. The van der Waals surface area contributed by atoms with Crippen LogP contribution in [0.5, 0.6) is 0 Å². The van der Waals surface area contributed by atoms with Crippen LogP contribution < -0.4 is 15.5 Å². The highest BCUT2D eigenvalue weighted by Crippen LogP contribution is 2.37. The van der Waals surface area contributed by atoms with Crippen LogP contribution in [-0.4, -0.2) is 54.4 Å². The van der Waals surface area contributed by atoms with Gasteiger partial charge in [0.25, 0.3) is 5.91 Å². The minimum atomic E-state index is -0.299. The molecule has 0 radical (unpaired) electrons. The number of carbonyl (C=O) groups excluding carboxylic acids is 2. The molecule has 176 valence electrons. The normalized spacial score (nSPS) is 16.7. The van der Waals surface area contributed by atoms with Gasteiger partial charge in [-0.2, -0.15) is 0 Å². The van der Waals surface area contributed by atoms with Gasteiger partial charge < -0.3 is 10.6 Å². The number of halogens is 1. The maximum absolute atomic E-state index is 13.6. The summed E-state index contributed by atoms with van der Waals surface area (Å²) in [6.45, 7) is 6.39. The lowest BCUT2D eigenvalue weighted by molar-refractivity contribution is -0.119. The van der Waals surface area contributed by atoms with E-state index in [0.29, 0.717) is 34.3 Å². The van der Waals surface area contributed by atoms with Gasteiger partial charge in [0.15, 0.2) is 5.82 Å². The van der Waals surface area contributed by atoms with Crippen LogP contribution in [0.15, 0.2) is 36.5 Å². The van der Waals surface area contributed by atoms with Gasteiger partial charge in [0, 0.05) is 11.2 Å². The van der Waals surface area contributed by atoms with Crippen LogP contribution in [0.25, 0.3) is 0 Å². The Kier molecular flexibility index (Phi) is 7.96. The van der Waals surface area contributed by atoms with Gasteiger partial charge in [0.05, 0.1) is 23.5 Å². The number of unbranched alkanes of at least 4 members (excludes halogenated alkanes) is 1. The summed E-state index contributed by atoms with van der Waals surface area (Å²) in [4.78, 5) is 34.6. The highest BCUT2D eigenvalue weighted by atomic mass is 35.5. The summed E-state index contributed by atoms with van der Waals surface area (Å²) >= 11 is 6.15. The Hall–Kier alpha value is -2.48. The summed E-state index contributed by atoms with van der Waals surface area (Å²) in [6.07, 6.45) is 7.62. The lowest BCUT2D eigenvalue weighted by Crippen LogP contribution is -2.42. The third kappa shape index (κ3) is 5.72. The number of carbonyl (C=O) groups is 2. The van der Waals surface area contributed by atoms with E-state index in [2.05, 4.69) is 27.4 Å². The quantitative estimate of drug-likeness (QED) is 0.558. The predicted molar refractivity (Wildman–Crippen MR) is 132 cm³/mol. The first kappa shape index (κ1) is 23.7. The molecule has 0 spiro atoms. The van der Waals surface area contributed by atoms with Crippen LogP contribution in [0.1, 0.15) is 49.4 Å². The van der Waals surface area contributed by atoms with Crippen LogP contribution >= 0.6 is 11.6 Å². The fourth-order valence-corrected chi connectivity index (χ4v) is 4.84. The lowest BCUT2D eigenvalue weighted by Gasteiger charge is -2.33. The van der Waals surface area contributed by atoms with Crippen molar-refractivity contribution in [2.45, 2.75) is 39.0 Å². The fourth-order valence-electron chi connectivity index (χ4n) is 4.67. The van der Waals surface area contributed by atoms with Gasteiger partial charge in [-0.15, -0.1) is 0 Å². The molecule has 1 aromatic heterocycles. The summed E-state index contributed by atoms with van der Waals surface area (Å²) in [7, 11) is 0. The molecule has 2 aliphatic heterocycles. The third-order valence-electron chi connectivity index (χ3n) is 6.47. The van der Waals surface area contributed by atoms with E-state index in [1.54, 1.807) is 41.4 Å². The van der Waals surface area contributed by atoms with Crippen molar-refractivity contribution in [1.82, 2.24) is 15.2 Å². The first-order valence-corrected chi connectivity index (χ1v) is 12.3. The van der Waals surface area contributed by atoms with Gasteiger partial charge >= 0.3 is 0 Å². The number of pyridine rings is 1. The van der Waals surface area contributed by atoms with E-state index in [1.165, 1.54) is 19.3 Å². The first-order chi connectivity index (χ1) is 16.1. The Labute approximate surface area is 200 Å². The molecule has 3 heterocycles. The Bertz CT molecular complexity index is 991. The molecule has 33 heavy (non-hydrogen) atoms. The van der Waals surface area contributed by atoms with Gasteiger partial charge in [0.2, 0.25) is 5.91 Å². The molecule has 2 aromatic rings. The molecule has 8 heteroatoms. The first-order valence-electron chi connectivity index (χ1n) is 11.9. The maximum Gasteiger partial charge on any atom is 0.257 e. The molecular weight excluding hydrogens is 438 g/mol. The number of rotatable bonds is 8. The number of nitrogens with zero attached hydrogens (tertiary/aromatic N) is 3. The SMILES string of the molecule is CCNCCCCC1CCN(CC(=O)N2c3ccc(Cl)cc3C(=O)Nc3cccnc32)CC1. The summed E-state index contributed by atoms with van der Waals surface area (Å²) in [5.41, 5.74) is 1.39. The number of piperidine rings is 1. The van der Waals surface area contributed by atoms with Crippen LogP contribution in [-0.2, 0) is 4.79 Å². The van der Waals surface area contributed by atoms with Gasteiger partial charge in [-0.25, -0.2) is 4.98 Å². The third-order valence-corrected chi connectivity index (χ3v) is 6.71. The summed E-state index contributed by atoms with van der Waals surface area (Å²) < 4.78 is 0. The zero-order chi connectivity index (χ0) is 23.2. The highest BCUT2D eigenvalue weighted by Gasteiger charge is 2.32. The van der Waals surface area contributed by atoms with E-state index in [1.807, 2.05) is 0 Å². The fraction of sp³-hybridized carbons (Fsp3) is 0.480. The molecule has 0 bridgehead atoms. The van der Waals surface area contributed by atoms with Crippen molar-refractivity contribution in [1.29, 1.82) is 0 Å². The lowest BCUT2D eigenvalue weighted by atomic mass is 9.91. The van der Waals surface area contributed by atoms with E-state index < -0.39 is 0 Å². The second kappa shape index (κ2) is 11.1. The number of benzene rings is 1. The molecule has 1 fully saturated rings. The van der Waals surface area contributed by atoms with Crippen LogP contribution in [0.2, 0.25) is 5.02 Å². The minimum absolute atomic E-state index is 0.0980. The van der Waals surface area contributed by atoms with Gasteiger partial charge in [-0.05, 0) is 81.7 Å². The predicted octanol–water partition coefficient (Wildman–Crippen LogP) is 4.46. The van der Waals surface area contributed by atoms with Crippen molar-refractivity contribution in [3.63, 3.8) is 0 Å². The minimum Gasteiger partial charge on any atom is -0.319 e. The number of amides is 2. The van der Waals surface area contributed by atoms with E-state index in [0.717, 1.165) is 44.9 Å². The highest BCUT2D eigenvalue weighted by molar-refractivity contribution is 6.31. The Morgan fingerprint density at radius 1 is 1.24 bits per heavy atom. The smallest absolute Gasteiger partial charge is 0.257 e. The number of hydrogen-bond donors (Lipinski definition) is 2.